The Bertz CT molecular complexity index is 6880. The fourth-order valence-electron chi connectivity index (χ4n) is 21.8. The van der Waals surface area contributed by atoms with E-state index in [0.29, 0.717) is 0 Å². The first-order valence-electron chi connectivity index (χ1n) is 42.1. The molecule has 6 aliphatic rings. The molecule has 0 fully saturated rings. The second kappa shape index (κ2) is 27.9. The lowest BCUT2D eigenvalue weighted by Gasteiger charge is -2.52. The van der Waals surface area contributed by atoms with Crippen LogP contribution in [0.25, 0.3) is 11.1 Å². The van der Waals surface area contributed by atoms with Crippen LogP contribution in [0.2, 0.25) is 0 Å². The van der Waals surface area contributed by atoms with E-state index in [1.165, 1.54) is 91.3 Å². The fourth-order valence-corrected chi connectivity index (χ4v) is 32.6. The summed E-state index contributed by atoms with van der Waals surface area (Å²) in [4.78, 5) is 14.8. The second-order valence-electron chi connectivity index (χ2n) is 33.0. The number of hydrogen-bond acceptors (Lipinski definition) is 6. The van der Waals surface area contributed by atoms with Gasteiger partial charge in [-0.3, -0.25) is 0 Å². The summed E-state index contributed by atoms with van der Waals surface area (Å²) in [7, 11) is -6.61. The second-order valence-corrected chi connectivity index (χ2v) is 40.5. The van der Waals surface area contributed by atoms with Gasteiger partial charge in [0, 0.05) is 91.0 Å². The van der Waals surface area contributed by atoms with Crippen LogP contribution in [0.1, 0.15) is 11.1 Å². The monoisotopic (exact) mass is 1600 g/mol. The van der Waals surface area contributed by atoms with Gasteiger partial charge in [0.05, 0.1) is 11.4 Å². The number of para-hydroxylation sites is 5. The van der Waals surface area contributed by atoms with Gasteiger partial charge in [-0.1, -0.05) is 255 Å². The Morgan fingerprint density at radius 1 is 0.213 bits per heavy atom. The predicted molar refractivity (Wildman–Crippen MR) is 513 cm³/mol. The number of benzene rings is 18. The minimum absolute atomic E-state index is 0.127. The van der Waals surface area contributed by atoms with Crippen molar-refractivity contribution in [1.82, 2.24) is 0 Å². The Morgan fingerprint density at radius 3 is 0.893 bits per heavy atom. The first kappa shape index (κ1) is 71.3. The van der Waals surface area contributed by atoms with Gasteiger partial charge in [-0.15, -0.1) is 0 Å². The molecule has 0 spiro atoms. The Labute approximate surface area is 711 Å². The normalized spacial score (nSPS) is 13.9. The quantitative estimate of drug-likeness (QED) is 0.0946. The molecule has 6 aliphatic heterocycles. The van der Waals surface area contributed by atoms with Crippen molar-refractivity contribution in [2.45, 2.75) is 13.8 Å². The van der Waals surface area contributed by atoms with Crippen molar-refractivity contribution < 1.29 is 8.78 Å². The van der Waals surface area contributed by atoms with Gasteiger partial charge in [0.2, 0.25) is 0 Å². The highest BCUT2D eigenvalue weighted by Gasteiger charge is 2.59. The molecule has 12 heteroatoms. The van der Waals surface area contributed by atoms with Crippen LogP contribution in [0.5, 0.6) is 0 Å². The van der Waals surface area contributed by atoms with Gasteiger partial charge >= 0.3 is 0 Å². The molecule has 0 aliphatic carbocycles. The Balaban J connectivity index is 0.707. The minimum Gasteiger partial charge on any atom is -0.311 e. The summed E-state index contributed by atoms with van der Waals surface area (Å²) in [6.45, 7) is 4.27. The van der Waals surface area contributed by atoms with E-state index < -0.39 is 16.1 Å². The SMILES string of the molecule is Cc1cc2c3c(c1)[Si](c1ccccc1)(c1ccc(-c4cccc(N(c5ccccc5)c5cc6c7c(c5)N(c5ccc(F)cc5)c5cccc8c5B7c5c(cccc5[Si]8(c5ccccc5)c5ccccc5)N6c5ccc(F)cc5)c4)cc1)c1cc(C)cc4c1B3c1c(cc(N(c3ccccc3)c3ccccc3)cc1N4c1ccccc1)N2c1ccccc1. The number of aryl methyl sites for hydroxylation is 2. The van der Waals surface area contributed by atoms with Crippen molar-refractivity contribution in [2.75, 3.05) is 29.4 Å². The number of hydrogen-bond donors (Lipinski definition) is 0. The van der Waals surface area contributed by atoms with Crippen molar-refractivity contribution in [3.05, 3.63) is 447 Å². The zero-order chi connectivity index (χ0) is 81.1. The van der Waals surface area contributed by atoms with Crippen LogP contribution in [0.15, 0.2) is 425 Å². The highest BCUT2D eigenvalue weighted by Crippen LogP contribution is 2.52. The van der Waals surface area contributed by atoms with E-state index in [1.54, 1.807) is 24.3 Å². The molecule has 18 aromatic rings. The van der Waals surface area contributed by atoms with Crippen molar-refractivity contribution in [1.29, 1.82) is 0 Å². The van der Waals surface area contributed by atoms with Gasteiger partial charge < -0.3 is 29.4 Å². The van der Waals surface area contributed by atoms with E-state index in [0.717, 1.165) is 108 Å². The number of anilines is 18. The molecule has 0 bridgehead atoms. The van der Waals surface area contributed by atoms with Crippen LogP contribution in [0.3, 0.4) is 0 Å². The molecule has 0 N–H and O–H groups in total. The molecule has 122 heavy (non-hydrogen) atoms. The highest BCUT2D eigenvalue weighted by molar-refractivity contribution is 7.28. The molecule has 574 valence electrons. The molecule has 24 rings (SSSR count). The van der Waals surface area contributed by atoms with E-state index in [1.807, 2.05) is 24.3 Å². The Kier molecular flexibility index (Phi) is 16.3. The predicted octanol–water partition coefficient (Wildman–Crippen LogP) is 18.7. The summed E-state index contributed by atoms with van der Waals surface area (Å²) in [5.74, 6) is -0.620. The first-order valence-corrected chi connectivity index (χ1v) is 46.1. The summed E-state index contributed by atoms with van der Waals surface area (Å²) >= 11 is 0. The Hall–Kier alpha value is -14.8. The Morgan fingerprint density at radius 2 is 0.508 bits per heavy atom. The smallest absolute Gasteiger partial charge is 0.251 e. The van der Waals surface area contributed by atoms with Gasteiger partial charge in [-0.2, -0.15) is 0 Å². The summed E-state index contributed by atoms with van der Waals surface area (Å²) < 4.78 is 31.4. The van der Waals surface area contributed by atoms with Gasteiger partial charge in [-0.25, -0.2) is 8.78 Å². The van der Waals surface area contributed by atoms with Crippen LogP contribution < -0.4 is 104 Å². The van der Waals surface area contributed by atoms with E-state index in [2.05, 4.69) is 419 Å². The fraction of sp³-hybridized carbons (Fsp3) is 0.0182. The van der Waals surface area contributed by atoms with Gasteiger partial charge in [0.15, 0.2) is 16.1 Å². The zero-order valence-electron chi connectivity index (χ0n) is 67.0. The summed E-state index contributed by atoms with van der Waals surface area (Å²) in [5, 5.41) is 10.6. The molecule has 0 saturated heterocycles. The molecule has 0 aromatic heterocycles. The lowest BCUT2D eigenvalue weighted by atomic mass is 9.33. The van der Waals surface area contributed by atoms with E-state index in [-0.39, 0.29) is 25.1 Å². The molecule has 0 saturated carbocycles. The van der Waals surface area contributed by atoms with Crippen molar-refractivity contribution in [3.63, 3.8) is 0 Å². The third-order valence-electron chi connectivity index (χ3n) is 26.4. The average Bonchev–Trinajstić information content (AvgIpc) is 0.664. The highest BCUT2D eigenvalue weighted by atomic mass is 28.3. The maximum absolute atomic E-state index is 15.7. The molecule has 6 nitrogen and oxygen atoms in total. The molecule has 18 aromatic carbocycles. The van der Waals surface area contributed by atoms with Crippen LogP contribution in [0.4, 0.5) is 111 Å². The standard InChI is InChI=1S/C110H76B2F2N6Si2/c1-73-64-95-109-103(66-73)122(91-46-25-10-26-47-91,104-67-74(2)65-96-110(104)112(109)106-99(119(95)82-37-17-6-18-38-82)69-87(70-100(106)120(96)83-39-19-7-20-40-83)115(79-31-11-3-12-32-79)80-33-13-4-14-34-80)92-62-52-75(53-63-92)76-30-27-41-86(68-76)116(81-35-15-5-16-36-81)88-71-97-105-98(72-88)118(85-60-56-78(114)57-61-85)94-49-29-51-102-108(94)111(105)107-93(117(97)84-58-54-77(113)55-59-84)48-28-50-101(107)121(102,89-42-21-8-22-43-89)90-44-23-9-24-45-90/h3-72H,1-2H3. The summed E-state index contributed by atoms with van der Waals surface area (Å²) in [6, 6.07) is 155. The van der Waals surface area contributed by atoms with Crippen molar-refractivity contribution in [2.24, 2.45) is 0 Å². The van der Waals surface area contributed by atoms with Crippen molar-refractivity contribution in [3.8, 4) is 11.1 Å². The average molecular weight is 1600 g/mol. The maximum atomic E-state index is 15.7. The number of halogens is 2. The lowest BCUT2D eigenvalue weighted by Crippen LogP contribution is -2.88. The van der Waals surface area contributed by atoms with Crippen LogP contribution in [0, 0.1) is 25.5 Å². The maximum Gasteiger partial charge on any atom is 0.251 e. The van der Waals surface area contributed by atoms with Crippen LogP contribution in [-0.2, 0) is 0 Å². The molecule has 0 amide bonds. The third kappa shape index (κ3) is 10.5. The first-order chi connectivity index (χ1) is 60.2. The molecular formula is C110H76B2F2N6Si2. The zero-order valence-corrected chi connectivity index (χ0v) is 69.0. The molecular weight excluding hydrogens is 1520 g/mol. The minimum atomic E-state index is -3.42. The lowest BCUT2D eigenvalue weighted by molar-refractivity contribution is 0.627. The van der Waals surface area contributed by atoms with E-state index in [9.17, 15) is 0 Å². The van der Waals surface area contributed by atoms with E-state index in [4.69, 9.17) is 0 Å². The molecule has 6 heterocycles. The summed E-state index contributed by atoms with van der Waals surface area (Å²) in [6.07, 6.45) is 0. The largest absolute Gasteiger partial charge is 0.311 e. The van der Waals surface area contributed by atoms with Crippen LogP contribution in [-0.4, -0.2) is 29.6 Å². The third-order valence-corrected chi connectivity index (χ3v) is 36.2. The van der Waals surface area contributed by atoms with Crippen LogP contribution >= 0.6 is 0 Å². The van der Waals surface area contributed by atoms with E-state index >= 15 is 8.78 Å². The van der Waals surface area contributed by atoms with Gasteiger partial charge in [0.1, 0.15) is 11.6 Å². The topological polar surface area (TPSA) is 19.4 Å². The molecule has 0 radical (unpaired) electrons. The van der Waals surface area contributed by atoms with Gasteiger partial charge in [0.25, 0.3) is 13.4 Å². The molecule has 0 atom stereocenters. The summed E-state index contributed by atoms with van der Waals surface area (Å²) in [5.41, 5.74) is 30.8. The number of rotatable bonds is 15. The number of nitrogens with zero attached hydrogens (tertiary/aromatic N) is 6. The van der Waals surface area contributed by atoms with Gasteiger partial charge in [-0.05, 0) is 280 Å². The van der Waals surface area contributed by atoms with Crippen molar-refractivity contribution >= 4 is 206 Å². The molecule has 0 unspecified atom stereocenters.